The van der Waals surface area contributed by atoms with Crippen molar-refractivity contribution in [1.82, 2.24) is 14.9 Å². The Kier molecular flexibility index (Phi) is 5.25. The van der Waals surface area contributed by atoms with E-state index in [0.717, 1.165) is 24.6 Å². The molecule has 1 fully saturated rings. The number of para-hydroxylation sites is 1. The smallest absolute Gasteiger partial charge is 0.257 e. The molecule has 26 heavy (non-hydrogen) atoms. The van der Waals surface area contributed by atoms with Crippen molar-refractivity contribution in [1.29, 1.82) is 0 Å². The zero-order valence-corrected chi connectivity index (χ0v) is 16.4. The molecule has 5 nitrogen and oxygen atoms in total. The van der Waals surface area contributed by atoms with E-state index in [0.29, 0.717) is 12.1 Å². The third-order valence-corrected chi connectivity index (χ3v) is 5.09. The minimum absolute atomic E-state index is 0.0368. The number of piperazine rings is 1. The summed E-state index contributed by atoms with van der Waals surface area (Å²) in [5.74, 6) is 1.08. The quantitative estimate of drug-likeness (QED) is 0.847. The van der Waals surface area contributed by atoms with Gasteiger partial charge in [-0.05, 0) is 32.4 Å². The highest BCUT2D eigenvalue weighted by Crippen LogP contribution is 2.24. The topological polar surface area (TPSA) is 49.3 Å². The molecule has 3 rings (SSSR count). The number of aromatic nitrogens is 2. The van der Waals surface area contributed by atoms with Gasteiger partial charge in [-0.3, -0.25) is 4.79 Å². The van der Waals surface area contributed by atoms with Crippen molar-refractivity contribution in [3.05, 3.63) is 53.1 Å². The number of rotatable bonds is 3. The summed E-state index contributed by atoms with van der Waals surface area (Å²) >= 11 is 0. The molecule has 2 heterocycles. The Bertz CT molecular complexity index is 802. The standard InChI is InChI=1S/C21H28N4O/c1-14(2)20-22-12-18(17(5)23-20)21(26)25-11-10-24(13-16(25)4)19-9-7-6-8-15(19)3/h6-9,12,14,16H,10-11,13H2,1-5H3. The number of anilines is 1. The van der Waals surface area contributed by atoms with E-state index in [2.05, 4.69) is 66.8 Å². The third-order valence-electron chi connectivity index (χ3n) is 5.09. The Morgan fingerprint density at radius 3 is 2.54 bits per heavy atom. The number of aryl methyl sites for hydroxylation is 2. The minimum Gasteiger partial charge on any atom is -0.367 e. The van der Waals surface area contributed by atoms with Crippen LogP contribution in [0.2, 0.25) is 0 Å². The number of carbonyl (C=O) groups is 1. The number of amides is 1. The number of hydrogen-bond donors (Lipinski definition) is 0. The van der Waals surface area contributed by atoms with Gasteiger partial charge in [0.1, 0.15) is 5.82 Å². The molecule has 0 spiro atoms. The van der Waals surface area contributed by atoms with E-state index in [1.165, 1.54) is 11.3 Å². The van der Waals surface area contributed by atoms with E-state index in [1.807, 2.05) is 11.8 Å². The highest BCUT2D eigenvalue weighted by atomic mass is 16.2. The Labute approximate surface area is 156 Å². The predicted molar refractivity (Wildman–Crippen MR) is 105 cm³/mol. The van der Waals surface area contributed by atoms with Crippen LogP contribution in [-0.2, 0) is 0 Å². The zero-order chi connectivity index (χ0) is 18.8. The van der Waals surface area contributed by atoms with E-state index in [-0.39, 0.29) is 17.9 Å². The molecule has 2 aromatic rings. The van der Waals surface area contributed by atoms with Gasteiger partial charge < -0.3 is 9.80 Å². The van der Waals surface area contributed by atoms with Gasteiger partial charge >= 0.3 is 0 Å². The predicted octanol–water partition coefficient (Wildman–Crippen LogP) is 3.57. The van der Waals surface area contributed by atoms with Crippen LogP contribution in [-0.4, -0.2) is 46.5 Å². The highest BCUT2D eigenvalue weighted by molar-refractivity contribution is 5.95. The molecule has 138 valence electrons. The van der Waals surface area contributed by atoms with Gasteiger partial charge in [0.05, 0.1) is 11.3 Å². The van der Waals surface area contributed by atoms with Crippen LogP contribution >= 0.6 is 0 Å². The lowest BCUT2D eigenvalue weighted by molar-refractivity contribution is 0.0672. The van der Waals surface area contributed by atoms with Gasteiger partial charge in [0.15, 0.2) is 0 Å². The van der Waals surface area contributed by atoms with Crippen LogP contribution in [0.4, 0.5) is 5.69 Å². The van der Waals surface area contributed by atoms with Crippen LogP contribution in [0.25, 0.3) is 0 Å². The van der Waals surface area contributed by atoms with Crippen LogP contribution in [0.5, 0.6) is 0 Å². The van der Waals surface area contributed by atoms with Crippen molar-refractivity contribution in [3.8, 4) is 0 Å². The minimum atomic E-state index is 0.0368. The van der Waals surface area contributed by atoms with E-state index < -0.39 is 0 Å². The molecule has 0 saturated carbocycles. The van der Waals surface area contributed by atoms with Crippen molar-refractivity contribution >= 4 is 11.6 Å². The van der Waals surface area contributed by atoms with Crippen molar-refractivity contribution in [3.63, 3.8) is 0 Å². The molecule has 0 radical (unpaired) electrons. The second-order valence-corrected chi connectivity index (χ2v) is 7.46. The molecule has 5 heteroatoms. The summed E-state index contributed by atoms with van der Waals surface area (Å²) in [6, 6.07) is 8.56. The number of hydrogen-bond acceptors (Lipinski definition) is 4. The second-order valence-electron chi connectivity index (χ2n) is 7.46. The van der Waals surface area contributed by atoms with E-state index in [9.17, 15) is 4.79 Å². The lowest BCUT2D eigenvalue weighted by Crippen LogP contribution is -2.54. The third kappa shape index (κ3) is 3.57. The number of benzene rings is 1. The Morgan fingerprint density at radius 1 is 1.19 bits per heavy atom. The average molecular weight is 352 g/mol. The molecule has 0 aliphatic carbocycles. The van der Waals surface area contributed by atoms with Crippen molar-refractivity contribution < 1.29 is 4.79 Å². The van der Waals surface area contributed by atoms with Gasteiger partial charge in [0.2, 0.25) is 0 Å². The van der Waals surface area contributed by atoms with E-state index in [4.69, 9.17) is 0 Å². The molecule has 1 aromatic carbocycles. The van der Waals surface area contributed by atoms with Gasteiger partial charge in [-0.15, -0.1) is 0 Å². The summed E-state index contributed by atoms with van der Waals surface area (Å²) in [7, 11) is 0. The number of carbonyl (C=O) groups excluding carboxylic acids is 1. The average Bonchev–Trinajstić information content (AvgIpc) is 2.61. The summed E-state index contributed by atoms with van der Waals surface area (Å²) in [5, 5.41) is 0. The SMILES string of the molecule is Cc1ccccc1N1CCN(C(=O)c2cnc(C(C)C)nc2C)C(C)C1. The maximum Gasteiger partial charge on any atom is 0.257 e. The highest BCUT2D eigenvalue weighted by Gasteiger charge is 2.30. The van der Waals surface area contributed by atoms with Crippen LogP contribution in [0.1, 0.15) is 54.1 Å². The monoisotopic (exact) mass is 352 g/mol. The van der Waals surface area contributed by atoms with Crippen LogP contribution in [0.15, 0.2) is 30.5 Å². The summed E-state index contributed by atoms with van der Waals surface area (Å²) in [6.45, 7) is 12.6. The van der Waals surface area contributed by atoms with E-state index in [1.54, 1.807) is 6.20 Å². The van der Waals surface area contributed by atoms with Gasteiger partial charge in [0, 0.05) is 43.5 Å². The lowest BCUT2D eigenvalue weighted by Gasteiger charge is -2.41. The second kappa shape index (κ2) is 7.44. The van der Waals surface area contributed by atoms with Crippen LogP contribution in [0, 0.1) is 13.8 Å². The zero-order valence-electron chi connectivity index (χ0n) is 16.4. The van der Waals surface area contributed by atoms with Gasteiger partial charge in [-0.2, -0.15) is 0 Å². The van der Waals surface area contributed by atoms with Gasteiger partial charge in [0.25, 0.3) is 5.91 Å². The molecule has 1 aromatic heterocycles. The summed E-state index contributed by atoms with van der Waals surface area (Å²) < 4.78 is 0. The lowest BCUT2D eigenvalue weighted by atomic mass is 10.1. The fraction of sp³-hybridized carbons (Fsp3) is 0.476. The van der Waals surface area contributed by atoms with Gasteiger partial charge in [-0.1, -0.05) is 32.0 Å². The molecule has 1 saturated heterocycles. The molecular weight excluding hydrogens is 324 g/mol. The first-order valence-electron chi connectivity index (χ1n) is 9.33. The molecule has 0 N–H and O–H groups in total. The Hall–Kier alpha value is -2.43. The molecule has 1 atom stereocenters. The molecular formula is C21H28N4O. The van der Waals surface area contributed by atoms with Crippen molar-refractivity contribution in [2.45, 2.75) is 46.6 Å². The largest absolute Gasteiger partial charge is 0.367 e. The molecule has 1 amide bonds. The van der Waals surface area contributed by atoms with Crippen LogP contribution in [0.3, 0.4) is 0 Å². The van der Waals surface area contributed by atoms with Crippen LogP contribution < -0.4 is 4.90 Å². The summed E-state index contributed by atoms with van der Waals surface area (Å²) in [6.07, 6.45) is 1.69. The Balaban J connectivity index is 1.75. The maximum absolute atomic E-state index is 13.0. The van der Waals surface area contributed by atoms with Crippen molar-refractivity contribution in [2.24, 2.45) is 0 Å². The maximum atomic E-state index is 13.0. The molecule has 1 unspecified atom stereocenters. The normalized spacial score (nSPS) is 17.7. The molecule has 1 aliphatic rings. The Morgan fingerprint density at radius 2 is 1.92 bits per heavy atom. The first kappa shape index (κ1) is 18.4. The van der Waals surface area contributed by atoms with Crippen molar-refractivity contribution in [2.75, 3.05) is 24.5 Å². The summed E-state index contributed by atoms with van der Waals surface area (Å²) in [4.78, 5) is 26.3. The summed E-state index contributed by atoms with van der Waals surface area (Å²) in [5.41, 5.74) is 3.91. The van der Waals surface area contributed by atoms with Gasteiger partial charge in [-0.25, -0.2) is 9.97 Å². The fourth-order valence-electron chi connectivity index (χ4n) is 3.52. The molecule has 1 aliphatic heterocycles. The van der Waals surface area contributed by atoms with E-state index >= 15 is 0 Å². The fourth-order valence-corrected chi connectivity index (χ4v) is 3.52. The molecule has 0 bridgehead atoms. The first-order valence-corrected chi connectivity index (χ1v) is 9.33. The first-order chi connectivity index (χ1) is 12.4. The number of nitrogens with zero attached hydrogens (tertiary/aromatic N) is 4.